The van der Waals surface area contributed by atoms with Crippen LogP contribution >= 0.6 is 0 Å². The number of carbonyl (C=O) groups is 1. The maximum atomic E-state index is 12.9. The lowest BCUT2D eigenvalue weighted by Gasteiger charge is -2.30. The first-order valence-corrected chi connectivity index (χ1v) is 11.0. The number of rotatable bonds is 6. The van der Waals surface area contributed by atoms with E-state index in [0.717, 1.165) is 41.8 Å². The molecule has 32 heavy (non-hydrogen) atoms. The Morgan fingerprint density at radius 1 is 1.03 bits per heavy atom. The molecule has 1 amide bonds. The number of fused-ring (bicyclic) bond motifs is 1. The number of hydrogen-bond acceptors (Lipinski definition) is 5. The molecule has 0 atom stereocenters. The van der Waals surface area contributed by atoms with Crippen molar-refractivity contribution in [2.45, 2.75) is 19.3 Å². The van der Waals surface area contributed by atoms with Gasteiger partial charge in [-0.15, -0.1) is 0 Å². The van der Waals surface area contributed by atoms with Gasteiger partial charge >= 0.3 is 0 Å². The summed E-state index contributed by atoms with van der Waals surface area (Å²) in [5, 5.41) is 6.38. The van der Waals surface area contributed by atoms with Gasteiger partial charge in [0.1, 0.15) is 17.2 Å². The molecule has 5 rings (SSSR count). The number of piperidine rings is 1. The Balaban J connectivity index is 1.36. The molecule has 0 spiro atoms. The van der Waals surface area contributed by atoms with Gasteiger partial charge in [-0.2, -0.15) is 0 Å². The summed E-state index contributed by atoms with van der Waals surface area (Å²) < 4.78 is 3.86. The number of pyridine rings is 1. The van der Waals surface area contributed by atoms with Crippen molar-refractivity contribution in [2.75, 3.05) is 35.2 Å². The van der Waals surface area contributed by atoms with E-state index in [1.165, 1.54) is 19.3 Å². The fourth-order valence-corrected chi connectivity index (χ4v) is 4.26. The minimum Gasteiger partial charge on any atom is -0.370 e. The minimum absolute atomic E-state index is 0.105. The van der Waals surface area contributed by atoms with E-state index in [9.17, 15) is 4.79 Å². The lowest BCUT2D eigenvalue weighted by molar-refractivity contribution is -0.114. The Morgan fingerprint density at radius 3 is 2.66 bits per heavy atom. The molecule has 0 unspecified atom stereocenters. The van der Waals surface area contributed by atoms with Crippen molar-refractivity contribution in [1.82, 2.24) is 18.9 Å². The molecule has 1 saturated heterocycles. The average molecular weight is 430 g/mol. The molecule has 0 saturated carbocycles. The van der Waals surface area contributed by atoms with Crippen molar-refractivity contribution in [3.8, 4) is 11.5 Å². The lowest BCUT2D eigenvalue weighted by atomic mass is 10.1. The van der Waals surface area contributed by atoms with E-state index >= 15 is 0 Å². The zero-order valence-corrected chi connectivity index (χ0v) is 18.2. The van der Waals surface area contributed by atoms with Crippen LogP contribution in [0.4, 0.5) is 17.2 Å². The van der Waals surface area contributed by atoms with E-state index in [4.69, 9.17) is 4.98 Å². The van der Waals surface area contributed by atoms with Crippen LogP contribution in [-0.2, 0) is 11.8 Å². The highest BCUT2D eigenvalue weighted by atomic mass is 16.1. The van der Waals surface area contributed by atoms with Gasteiger partial charge in [-0.1, -0.05) is 18.2 Å². The SMILES string of the molecule is Cn1ccnc1-c1nc2ccccn2c1NCC(=O)Nc1ccccc1N1CCCCC1. The first-order chi connectivity index (χ1) is 15.7. The number of imidazole rings is 2. The molecular formula is C24H27N7O. The maximum Gasteiger partial charge on any atom is 0.243 e. The van der Waals surface area contributed by atoms with Gasteiger partial charge in [0.15, 0.2) is 5.82 Å². The third kappa shape index (κ3) is 3.91. The molecule has 8 nitrogen and oxygen atoms in total. The topological polar surface area (TPSA) is 79.5 Å². The van der Waals surface area contributed by atoms with Gasteiger partial charge in [0, 0.05) is 38.7 Å². The Hall–Kier alpha value is -3.81. The van der Waals surface area contributed by atoms with Crippen LogP contribution in [0.1, 0.15) is 19.3 Å². The van der Waals surface area contributed by atoms with Gasteiger partial charge < -0.3 is 20.1 Å². The molecule has 1 aromatic carbocycles. The maximum absolute atomic E-state index is 12.9. The van der Waals surface area contributed by atoms with Crippen LogP contribution in [0.25, 0.3) is 17.2 Å². The Labute approximate surface area is 186 Å². The molecule has 0 aliphatic carbocycles. The number of amides is 1. The highest BCUT2D eigenvalue weighted by molar-refractivity contribution is 5.97. The zero-order chi connectivity index (χ0) is 21.9. The third-order valence-electron chi connectivity index (χ3n) is 5.85. The summed E-state index contributed by atoms with van der Waals surface area (Å²) in [7, 11) is 1.93. The second-order valence-electron chi connectivity index (χ2n) is 8.07. The molecular weight excluding hydrogens is 402 g/mol. The van der Waals surface area contributed by atoms with E-state index in [0.29, 0.717) is 5.69 Å². The quantitative estimate of drug-likeness (QED) is 0.488. The van der Waals surface area contributed by atoms with E-state index in [1.54, 1.807) is 6.20 Å². The Kier molecular flexibility index (Phi) is 5.49. The van der Waals surface area contributed by atoms with Crippen LogP contribution in [-0.4, -0.2) is 44.5 Å². The van der Waals surface area contributed by atoms with Crippen molar-refractivity contribution in [2.24, 2.45) is 7.05 Å². The van der Waals surface area contributed by atoms with E-state index in [2.05, 4.69) is 26.6 Å². The molecule has 164 valence electrons. The molecule has 2 N–H and O–H groups in total. The van der Waals surface area contributed by atoms with Crippen LogP contribution in [0, 0.1) is 0 Å². The predicted molar refractivity (Wildman–Crippen MR) is 127 cm³/mol. The Bertz CT molecular complexity index is 1240. The third-order valence-corrected chi connectivity index (χ3v) is 5.85. The summed E-state index contributed by atoms with van der Waals surface area (Å²) in [6, 6.07) is 13.9. The summed E-state index contributed by atoms with van der Waals surface area (Å²) in [6.45, 7) is 2.17. The minimum atomic E-state index is -0.105. The van der Waals surface area contributed by atoms with Crippen LogP contribution in [0.2, 0.25) is 0 Å². The largest absolute Gasteiger partial charge is 0.370 e. The lowest BCUT2D eigenvalue weighted by Crippen LogP contribution is -2.31. The molecule has 4 heterocycles. The fourth-order valence-electron chi connectivity index (χ4n) is 4.26. The van der Waals surface area contributed by atoms with E-state index in [-0.39, 0.29) is 12.5 Å². The Morgan fingerprint density at radius 2 is 1.84 bits per heavy atom. The smallest absolute Gasteiger partial charge is 0.243 e. The molecule has 0 bridgehead atoms. The number of nitrogens with one attached hydrogen (secondary N) is 2. The van der Waals surface area contributed by atoms with Gasteiger partial charge in [-0.3, -0.25) is 9.20 Å². The normalized spacial score (nSPS) is 14.0. The highest BCUT2D eigenvalue weighted by Gasteiger charge is 2.19. The number of nitrogens with zero attached hydrogens (tertiary/aromatic N) is 5. The zero-order valence-electron chi connectivity index (χ0n) is 18.2. The van der Waals surface area contributed by atoms with Gasteiger partial charge in [0.25, 0.3) is 0 Å². The fraction of sp³-hybridized carbons (Fsp3) is 0.292. The second-order valence-corrected chi connectivity index (χ2v) is 8.07. The summed E-state index contributed by atoms with van der Waals surface area (Å²) in [5.74, 6) is 1.38. The van der Waals surface area contributed by atoms with Crippen LogP contribution in [0.3, 0.4) is 0 Å². The molecule has 1 aliphatic rings. The number of hydrogen-bond donors (Lipinski definition) is 2. The van der Waals surface area contributed by atoms with E-state index < -0.39 is 0 Å². The molecule has 4 aromatic rings. The van der Waals surface area contributed by atoms with Crippen molar-refractivity contribution in [1.29, 1.82) is 0 Å². The molecule has 8 heteroatoms. The van der Waals surface area contributed by atoms with Crippen molar-refractivity contribution >= 4 is 28.7 Å². The number of aryl methyl sites for hydroxylation is 1. The second kappa shape index (κ2) is 8.74. The summed E-state index contributed by atoms with van der Waals surface area (Å²) in [5.41, 5.74) is 3.45. The number of anilines is 3. The van der Waals surface area contributed by atoms with Crippen molar-refractivity contribution in [3.63, 3.8) is 0 Å². The number of aromatic nitrogens is 4. The number of para-hydroxylation sites is 2. The average Bonchev–Trinajstić information content (AvgIpc) is 3.41. The van der Waals surface area contributed by atoms with E-state index in [1.807, 2.05) is 64.8 Å². The first kappa shape index (κ1) is 20.1. The van der Waals surface area contributed by atoms with Crippen molar-refractivity contribution in [3.05, 3.63) is 61.1 Å². The van der Waals surface area contributed by atoms with Crippen LogP contribution < -0.4 is 15.5 Å². The summed E-state index contributed by atoms with van der Waals surface area (Å²) in [4.78, 5) is 24.4. The van der Waals surface area contributed by atoms with Gasteiger partial charge in [0.05, 0.1) is 17.9 Å². The van der Waals surface area contributed by atoms with Crippen LogP contribution in [0.5, 0.6) is 0 Å². The van der Waals surface area contributed by atoms with Gasteiger partial charge in [-0.25, -0.2) is 9.97 Å². The highest BCUT2D eigenvalue weighted by Crippen LogP contribution is 2.29. The number of carbonyl (C=O) groups excluding carboxylic acids is 1. The summed E-state index contributed by atoms with van der Waals surface area (Å²) in [6.07, 6.45) is 9.20. The monoisotopic (exact) mass is 429 g/mol. The molecule has 1 aliphatic heterocycles. The molecule has 3 aromatic heterocycles. The summed E-state index contributed by atoms with van der Waals surface area (Å²) >= 11 is 0. The van der Waals surface area contributed by atoms with Crippen molar-refractivity contribution < 1.29 is 4.79 Å². The predicted octanol–water partition coefficient (Wildman–Crippen LogP) is 3.78. The van der Waals surface area contributed by atoms with Gasteiger partial charge in [-0.05, 0) is 43.5 Å². The number of benzene rings is 1. The standard InChI is InChI=1S/C24H27N7O/c1-29-16-12-25-23(29)22-24(31-15-8-5-11-20(31)28-22)26-17-21(32)27-18-9-3-4-10-19(18)30-13-6-2-7-14-30/h3-5,8-12,15-16,26H,2,6-7,13-14,17H2,1H3,(H,27,32). The molecule has 0 radical (unpaired) electrons. The first-order valence-electron chi connectivity index (χ1n) is 11.0. The van der Waals surface area contributed by atoms with Crippen LogP contribution in [0.15, 0.2) is 61.1 Å². The molecule has 1 fully saturated rings. The van der Waals surface area contributed by atoms with Gasteiger partial charge in [0.2, 0.25) is 5.91 Å².